The molecule has 0 aromatic heterocycles. The highest BCUT2D eigenvalue weighted by Crippen LogP contribution is 2.13. The highest BCUT2D eigenvalue weighted by Gasteiger charge is 2.20. The van der Waals surface area contributed by atoms with E-state index in [1.807, 2.05) is 30.3 Å². The summed E-state index contributed by atoms with van der Waals surface area (Å²) in [6.07, 6.45) is 1.23. The lowest BCUT2D eigenvalue weighted by atomic mass is 10.2. The molecule has 104 valence electrons. The smallest absolute Gasteiger partial charge is 0.184 e. The molecule has 0 saturated carbocycles. The van der Waals surface area contributed by atoms with Gasteiger partial charge in [-0.3, -0.25) is 0 Å². The van der Waals surface area contributed by atoms with Crippen LogP contribution in [-0.4, -0.2) is 21.0 Å². The SMILES string of the molecule is C[Si](C)(C)O[C@@H](CC#N)CCOCc1ccccc1. The van der Waals surface area contributed by atoms with Crippen molar-refractivity contribution in [3.8, 4) is 6.07 Å². The zero-order valence-electron chi connectivity index (χ0n) is 12.1. The molecule has 0 bridgehead atoms. The molecule has 0 aliphatic carbocycles. The van der Waals surface area contributed by atoms with E-state index in [-0.39, 0.29) is 6.10 Å². The summed E-state index contributed by atoms with van der Waals surface area (Å²) in [4.78, 5) is 0. The molecule has 4 heteroatoms. The van der Waals surface area contributed by atoms with Crippen LogP contribution in [0.4, 0.5) is 0 Å². The summed E-state index contributed by atoms with van der Waals surface area (Å²) in [7, 11) is -1.59. The molecule has 0 radical (unpaired) electrons. The molecule has 0 spiro atoms. The Morgan fingerprint density at radius 1 is 1.21 bits per heavy atom. The van der Waals surface area contributed by atoms with Gasteiger partial charge in [0.25, 0.3) is 0 Å². The number of nitriles is 1. The van der Waals surface area contributed by atoms with E-state index in [2.05, 4.69) is 25.7 Å². The van der Waals surface area contributed by atoms with Crippen LogP contribution in [0.1, 0.15) is 18.4 Å². The second kappa shape index (κ2) is 8.11. The first-order valence-electron chi connectivity index (χ1n) is 6.68. The van der Waals surface area contributed by atoms with Gasteiger partial charge in [-0.15, -0.1) is 0 Å². The van der Waals surface area contributed by atoms with Crippen molar-refractivity contribution in [1.29, 1.82) is 5.26 Å². The van der Waals surface area contributed by atoms with Crippen LogP contribution < -0.4 is 0 Å². The van der Waals surface area contributed by atoms with Crippen LogP contribution in [0.2, 0.25) is 19.6 Å². The number of ether oxygens (including phenoxy) is 1. The first kappa shape index (κ1) is 15.9. The number of benzene rings is 1. The van der Waals surface area contributed by atoms with E-state index in [0.717, 1.165) is 6.42 Å². The Morgan fingerprint density at radius 3 is 2.47 bits per heavy atom. The topological polar surface area (TPSA) is 42.2 Å². The maximum Gasteiger partial charge on any atom is 0.184 e. The van der Waals surface area contributed by atoms with Crippen LogP contribution in [0.15, 0.2) is 30.3 Å². The van der Waals surface area contributed by atoms with Gasteiger partial charge in [0.1, 0.15) is 0 Å². The summed E-state index contributed by atoms with van der Waals surface area (Å²) in [6.45, 7) is 7.67. The lowest BCUT2D eigenvalue weighted by Crippen LogP contribution is -2.32. The fraction of sp³-hybridized carbons (Fsp3) is 0.533. The van der Waals surface area contributed by atoms with Crippen LogP contribution in [0.5, 0.6) is 0 Å². The van der Waals surface area contributed by atoms with Crippen molar-refractivity contribution < 1.29 is 9.16 Å². The van der Waals surface area contributed by atoms with Crippen LogP contribution in [0.3, 0.4) is 0 Å². The fourth-order valence-electron chi connectivity index (χ4n) is 1.78. The Labute approximate surface area is 117 Å². The highest BCUT2D eigenvalue weighted by atomic mass is 28.4. The maximum atomic E-state index is 8.81. The van der Waals surface area contributed by atoms with Crippen molar-refractivity contribution in [3.05, 3.63) is 35.9 Å². The van der Waals surface area contributed by atoms with Gasteiger partial charge < -0.3 is 9.16 Å². The molecular weight excluding hydrogens is 254 g/mol. The van der Waals surface area contributed by atoms with Gasteiger partial charge >= 0.3 is 0 Å². The summed E-state index contributed by atoms with van der Waals surface area (Å²) in [5, 5.41) is 8.81. The summed E-state index contributed by atoms with van der Waals surface area (Å²) < 4.78 is 11.6. The van der Waals surface area contributed by atoms with Crippen molar-refractivity contribution in [2.45, 2.75) is 45.2 Å². The molecule has 0 saturated heterocycles. The predicted octanol–water partition coefficient (Wildman–Crippen LogP) is 3.73. The first-order chi connectivity index (χ1) is 9.01. The second-order valence-corrected chi connectivity index (χ2v) is 10.0. The van der Waals surface area contributed by atoms with Gasteiger partial charge in [0.2, 0.25) is 0 Å². The quantitative estimate of drug-likeness (QED) is 0.537. The average Bonchev–Trinajstić information content (AvgIpc) is 2.34. The van der Waals surface area contributed by atoms with Crippen molar-refractivity contribution in [2.75, 3.05) is 6.61 Å². The molecule has 1 atom stereocenters. The Morgan fingerprint density at radius 2 is 1.89 bits per heavy atom. The van der Waals surface area contributed by atoms with Gasteiger partial charge in [0.05, 0.1) is 25.2 Å². The first-order valence-corrected chi connectivity index (χ1v) is 10.1. The molecule has 0 unspecified atom stereocenters. The monoisotopic (exact) mass is 277 g/mol. The summed E-state index contributed by atoms with van der Waals surface area (Å²) in [5.41, 5.74) is 1.17. The zero-order valence-corrected chi connectivity index (χ0v) is 13.1. The minimum absolute atomic E-state index is 0.00689. The number of hydrogen-bond acceptors (Lipinski definition) is 3. The van der Waals surface area contributed by atoms with E-state index in [1.165, 1.54) is 5.56 Å². The van der Waals surface area contributed by atoms with Crippen LogP contribution in [0.25, 0.3) is 0 Å². The van der Waals surface area contributed by atoms with E-state index < -0.39 is 8.32 Å². The van der Waals surface area contributed by atoms with Crippen LogP contribution in [0, 0.1) is 11.3 Å². The maximum absolute atomic E-state index is 8.81. The zero-order chi connectivity index (χ0) is 14.1. The van der Waals surface area contributed by atoms with Crippen molar-refractivity contribution >= 4 is 8.32 Å². The van der Waals surface area contributed by atoms with Gasteiger partial charge in [0, 0.05) is 6.61 Å². The molecule has 0 amide bonds. The number of rotatable bonds is 8. The summed E-state index contributed by atoms with van der Waals surface area (Å²) >= 11 is 0. The van der Waals surface area contributed by atoms with Gasteiger partial charge in [-0.05, 0) is 31.6 Å². The fourth-order valence-corrected chi connectivity index (χ4v) is 2.98. The standard InChI is InChI=1S/C15H23NO2Si/c1-19(2,3)18-15(9-11-16)10-12-17-13-14-7-5-4-6-8-14/h4-8,15H,9-10,12-13H2,1-3H3/t15-/m0/s1. The van der Waals surface area contributed by atoms with E-state index >= 15 is 0 Å². The molecule has 0 N–H and O–H groups in total. The summed E-state index contributed by atoms with van der Waals surface area (Å²) in [5.74, 6) is 0. The van der Waals surface area contributed by atoms with E-state index in [4.69, 9.17) is 14.4 Å². The van der Waals surface area contributed by atoms with Gasteiger partial charge in [-0.25, -0.2) is 0 Å². The number of hydrogen-bond donors (Lipinski definition) is 0. The summed E-state index contributed by atoms with van der Waals surface area (Å²) in [6, 6.07) is 12.3. The van der Waals surface area contributed by atoms with Gasteiger partial charge in [-0.2, -0.15) is 5.26 Å². The highest BCUT2D eigenvalue weighted by molar-refractivity contribution is 6.69. The average molecular weight is 277 g/mol. The molecule has 1 rings (SSSR count). The Hall–Kier alpha value is -1.15. The molecule has 0 fully saturated rings. The number of nitrogens with zero attached hydrogens (tertiary/aromatic N) is 1. The van der Waals surface area contributed by atoms with Gasteiger partial charge in [-0.1, -0.05) is 30.3 Å². The Bertz CT molecular complexity index is 395. The molecule has 0 aliphatic rings. The molecular formula is C15H23NO2Si. The van der Waals surface area contributed by atoms with Crippen LogP contribution in [-0.2, 0) is 15.8 Å². The third-order valence-electron chi connectivity index (χ3n) is 2.53. The molecule has 0 aliphatic heterocycles. The van der Waals surface area contributed by atoms with Crippen molar-refractivity contribution in [3.63, 3.8) is 0 Å². The molecule has 0 heterocycles. The lowest BCUT2D eigenvalue weighted by molar-refractivity contribution is 0.0815. The normalized spacial score (nSPS) is 12.9. The van der Waals surface area contributed by atoms with Crippen LogP contribution >= 0.6 is 0 Å². The largest absolute Gasteiger partial charge is 0.414 e. The van der Waals surface area contributed by atoms with Crippen molar-refractivity contribution in [1.82, 2.24) is 0 Å². The van der Waals surface area contributed by atoms with E-state index in [1.54, 1.807) is 0 Å². The molecule has 3 nitrogen and oxygen atoms in total. The third kappa shape index (κ3) is 7.78. The third-order valence-corrected chi connectivity index (χ3v) is 3.58. The molecule has 1 aromatic carbocycles. The predicted molar refractivity (Wildman–Crippen MR) is 79.2 cm³/mol. The molecule has 19 heavy (non-hydrogen) atoms. The van der Waals surface area contributed by atoms with Crippen molar-refractivity contribution in [2.24, 2.45) is 0 Å². The minimum atomic E-state index is -1.59. The van der Waals surface area contributed by atoms with E-state index in [9.17, 15) is 0 Å². The van der Waals surface area contributed by atoms with E-state index in [0.29, 0.717) is 19.6 Å². The Balaban J connectivity index is 2.27. The second-order valence-electron chi connectivity index (χ2n) is 5.54. The van der Waals surface area contributed by atoms with Gasteiger partial charge in [0.15, 0.2) is 8.32 Å². The molecule has 1 aromatic rings. The minimum Gasteiger partial charge on any atom is -0.414 e. The Kier molecular flexibility index (Phi) is 6.78. The lowest BCUT2D eigenvalue weighted by Gasteiger charge is -2.24.